The second kappa shape index (κ2) is 16.4. The van der Waals surface area contributed by atoms with Crippen LogP contribution < -0.4 is 0 Å². The maximum absolute atomic E-state index is 12.6. The number of likely N-dealkylation sites (tertiary alicyclic amines) is 1. The lowest BCUT2D eigenvalue weighted by atomic mass is 9.94. The van der Waals surface area contributed by atoms with Crippen LogP contribution in [0, 0.1) is 26.6 Å². The van der Waals surface area contributed by atoms with Crippen molar-refractivity contribution in [2.45, 2.75) is 59.0 Å². The maximum atomic E-state index is 12.6. The summed E-state index contributed by atoms with van der Waals surface area (Å²) >= 11 is 0. The summed E-state index contributed by atoms with van der Waals surface area (Å²) in [6, 6.07) is 28.7. The van der Waals surface area contributed by atoms with Crippen LogP contribution in [0.5, 0.6) is 0 Å². The average molecular weight is 614 g/mol. The Kier molecular flexibility index (Phi) is 12.4. The van der Waals surface area contributed by atoms with Crippen molar-refractivity contribution < 1.29 is 28.9 Å². The SMILES string of the molecule is Cc1cc(-c2ccccc2C(C)OCC(O)CN2CCC(OCc3ccccc3)C2)ccc1C(=O)O.Cc1ccc(C)c(F)c1. The van der Waals surface area contributed by atoms with Gasteiger partial charge in [-0.25, -0.2) is 9.18 Å². The molecule has 1 fully saturated rings. The van der Waals surface area contributed by atoms with Gasteiger partial charge in [-0.1, -0.05) is 78.9 Å². The highest BCUT2D eigenvalue weighted by molar-refractivity contribution is 5.90. The van der Waals surface area contributed by atoms with E-state index in [-0.39, 0.29) is 24.6 Å². The first kappa shape index (κ1) is 34.0. The molecule has 0 aliphatic carbocycles. The van der Waals surface area contributed by atoms with Crippen molar-refractivity contribution in [2.75, 3.05) is 26.2 Å². The Morgan fingerprint density at radius 2 is 1.69 bits per heavy atom. The second-order valence-corrected chi connectivity index (χ2v) is 11.8. The van der Waals surface area contributed by atoms with E-state index in [1.807, 2.05) is 81.4 Å². The van der Waals surface area contributed by atoms with Crippen molar-refractivity contribution in [1.29, 1.82) is 0 Å². The van der Waals surface area contributed by atoms with Crippen LogP contribution in [0.1, 0.15) is 57.6 Å². The highest BCUT2D eigenvalue weighted by Gasteiger charge is 2.25. The van der Waals surface area contributed by atoms with Crippen LogP contribution in [0.3, 0.4) is 0 Å². The van der Waals surface area contributed by atoms with Crippen LogP contribution >= 0.6 is 0 Å². The number of aryl methyl sites for hydroxylation is 3. The zero-order valence-electron chi connectivity index (χ0n) is 26.6. The lowest BCUT2D eigenvalue weighted by molar-refractivity contribution is -0.0160. The Labute approximate surface area is 266 Å². The topological polar surface area (TPSA) is 79.2 Å². The fraction of sp³-hybridized carbons (Fsp3) is 0.342. The van der Waals surface area contributed by atoms with Crippen LogP contribution in [0.25, 0.3) is 11.1 Å². The number of ether oxygens (including phenoxy) is 2. The zero-order valence-corrected chi connectivity index (χ0v) is 26.6. The number of rotatable bonds is 11. The third-order valence-corrected chi connectivity index (χ3v) is 8.06. The summed E-state index contributed by atoms with van der Waals surface area (Å²) in [5.41, 5.74) is 6.82. The summed E-state index contributed by atoms with van der Waals surface area (Å²) in [5.74, 6) is -1.04. The largest absolute Gasteiger partial charge is 0.478 e. The van der Waals surface area contributed by atoms with Crippen molar-refractivity contribution >= 4 is 5.97 Å². The first-order valence-electron chi connectivity index (χ1n) is 15.4. The molecule has 1 saturated heterocycles. The number of halogens is 1. The van der Waals surface area contributed by atoms with Crippen LogP contribution in [0.15, 0.2) is 91.0 Å². The number of aliphatic hydroxyl groups excluding tert-OH is 1. The van der Waals surface area contributed by atoms with Crippen molar-refractivity contribution in [3.63, 3.8) is 0 Å². The molecule has 1 heterocycles. The molecular weight excluding hydrogens is 569 g/mol. The Morgan fingerprint density at radius 3 is 2.38 bits per heavy atom. The number of hydrogen-bond donors (Lipinski definition) is 2. The van der Waals surface area contributed by atoms with Crippen LogP contribution in [-0.4, -0.2) is 59.5 Å². The molecule has 3 atom stereocenters. The minimum atomic E-state index is -0.926. The molecule has 2 N–H and O–H groups in total. The molecule has 6 nitrogen and oxygen atoms in total. The molecule has 238 valence electrons. The van der Waals surface area contributed by atoms with Crippen molar-refractivity contribution in [2.24, 2.45) is 0 Å². The molecule has 3 unspecified atom stereocenters. The molecule has 0 amide bonds. The van der Waals surface area contributed by atoms with Gasteiger partial charge in [-0.3, -0.25) is 4.90 Å². The van der Waals surface area contributed by atoms with Gasteiger partial charge < -0.3 is 19.7 Å². The van der Waals surface area contributed by atoms with Crippen LogP contribution in [-0.2, 0) is 16.1 Å². The summed E-state index contributed by atoms with van der Waals surface area (Å²) in [6.07, 6.45) is 0.324. The monoisotopic (exact) mass is 613 g/mol. The second-order valence-electron chi connectivity index (χ2n) is 11.8. The molecule has 0 radical (unpaired) electrons. The standard InChI is InChI=1S/C30H35NO5.C8H9F/c1-21-16-24(12-13-27(21)30(33)34)29-11-7-6-10-28(29)22(2)35-20-25(32)17-31-15-14-26(18-31)36-19-23-8-4-3-5-9-23;1-6-3-4-7(2)8(9)5-6/h3-13,16,22,25-26,32H,14-15,17-20H2,1-2H3,(H,33,34);3-5H,1-2H3. The van der Waals surface area contributed by atoms with E-state index in [2.05, 4.69) is 17.0 Å². The molecular formula is C38H44FNO5. The van der Waals surface area contributed by atoms with E-state index in [0.717, 1.165) is 47.3 Å². The average Bonchev–Trinajstić information content (AvgIpc) is 3.48. The van der Waals surface area contributed by atoms with Crippen molar-refractivity contribution in [3.05, 3.63) is 130 Å². The molecule has 1 aliphatic heterocycles. The number of carboxylic acid groups (broad SMARTS) is 1. The number of benzene rings is 4. The first-order valence-corrected chi connectivity index (χ1v) is 15.4. The van der Waals surface area contributed by atoms with Gasteiger partial charge in [-0.15, -0.1) is 0 Å². The Morgan fingerprint density at radius 1 is 0.956 bits per heavy atom. The van der Waals surface area contributed by atoms with Gasteiger partial charge in [0.25, 0.3) is 0 Å². The normalized spacial score (nSPS) is 16.1. The molecule has 4 aromatic carbocycles. The Bertz CT molecular complexity index is 1540. The van der Waals surface area contributed by atoms with Gasteiger partial charge in [-0.2, -0.15) is 0 Å². The van der Waals surface area contributed by atoms with Gasteiger partial charge in [0, 0.05) is 19.6 Å². The zero-order chi connectivity index (χ0) is 32.3. The van der Waals surface area contributed by atoms with E-state index in [9.17, 15) is 19.4 Å². The molecule has 7 heteroatoms. The number of carboxylic acids is 1. The van der Waals surface area contributed by atoms with Gasteiger partial charge in [-0.05, 0) is 85.2 Å². The highest BCUT2D eigenvalue weighted by Crippen LogP contribution is 2.31. The minimum absolute atomic E-state index is 0.116. The third kappa shape index (κ3) is 10.1. The molecule has 0 saturated carbocycles. The van der Waals surface area contributed by atoms with Gasteiger partial charge in [0.1, 0.15) is 5.82 Å². The predicted octanol–water partition coefficient (Wildman–Crippen LogP) is 7.53. The molecule has 0 spiro atoms. The van der Waals surface area contributed by atoms with E-state index in [0.29, 0.717) is 24.3 Å². The predicted molar refractivity (Wildman–Crippen MR) is 176 cm³/mol. The van der Waals surface area contributed by atoms with E-state index in [4.69, 9.17) is 9.47 Å². The van der Waals surface area contributed by atoms with Gasteiger partial charge >= 0.3 is 5.97 Å². The quantitative estimate of drug-likeness (QED) is 0.182. The smallest absolute Gasteiger partial charge is 0.335 e. The maximum Gasteiger partial charge on any atom is 0.335 e. The molecule has 0 bridgehead atoms. The molecule has 0 aromatic heterocycles. The number of carbonyl (C=O) groups is 1. The summed E-state index contributed by atoms with van der Waals surface area (Å²) in [5, 5.41) is 20.0. The lowest BCUT2D eigenvalue weighted by Gasteiger charge is -2.23. The number of hydrogen-bond acceptors (Lipinski definition) is 5. The lowest BCUT2D eigenvalue weighted by Crippen LogP contribution is -2.34. The number of nitrogens with zero attached hydrogens (tertiary/aromatic N) is 1. The summed E-state index contributed by atoms with van der Waals surface area (Å²) in [6.45, 7) is 10.5. The Hall–Kier alpha value is -3.88. The highest BCUT2D eigenvalue weighted by atomic mass is 19.1. The molecule has 1 aliphatic rings. The third-order valence-electron chi connectivity index (χ3n) is 8.06. The van der Waals surface area contributed by atoms with Gasteiger partial charge in [0.15, 0.2) is 0 Å². The van der Waals surface area contributed by atoms with Gasteiger partial charge in [0.2, 0.25) is 0 Å². The molecule has 45 heavy (non-hydrogen) atoms. The van der Waals surface area contributed by atoms with E-state index < -0.39 is 12.1 Å². The van der Waals surface area contributed by atoms with Gasteiger partial charge in [0.05, 0.1) is 37.1 Å². The molecule has 5 rings (SSSR count). The van der Waals surface area contributed by atoms with E-state index in [1.165, 1.54) is 11.6 Å². The van der Waals surface area contributed by atoms with Crippen LogP contribution in [0.4, 0.5) is 4.39 Å². The number of β-amino-alcohol motifs (C(OH)–C–C–N with tert-alkyl or cyclic N) is 1. The molecule has 4 aromatic rings. The summed E-state index contributed by atoms with van der Waals surface area (Å²) in [7, 11) is 0. The number of aliphatic hydroxyl groups is 1. The van der Waals surface area contributed by atoms with Crippen LogP contribution in [0.2, 0.25) is 0 Å². The Balaban J connectivity index is 0.000000440. The fourth-order valence-corrected chi connectivity index (χ4v) is 5.47. The first-order chi connectivity index (χ1) is 21.6. The van der Waals surface area contributed by atoms with Crippen molar-refractivity contribution in [1.82, 2.24) is 4.90 Å². The summed E-state index contributed by atoms with van der Waals surface area (Å²) < 4.78 is 24.7. The number of aromatic carboxylic acids is 1. The van der Waals surface area contributed by atoms with E-state index in [1.54, 1.807) is 19.1 Å². The van der Waals surface area contributed by atoms with E-state index >= 15 is 0 Å². The van der Waals surface area contributed by atoms with Crippen molar-refractivity contribution in [3.8, 4) is 11.1 Å². The summed E-state index contributed by atoms with van der Waals surface area (Å²) in [4.78, 5) is 13.6. The minimum Gasteiger partial charge on any atom is -0.478 e. The fourth-order valence-electron chi connectivity index (χ4n) is 5.47.